The molecule has 0 unspecified atom stereocenters. The molecule has 1 aromatic carbocycles. The average molecular weight is 221 g/mol. The van der Waals surface area contributed by atoms with E-state index >= 15 is 0 Å². The van der Waals surface area contributed by atoms with Crippen LogP contribution in [0.3, 0.4) is 0 Å². The lowest BCUT2D eigenvalue weighted by atomic mass is 10.1. The first-order valence-corrected chi connectivity index (χ1v) is 5.30. The minimum Gasteiger partial charge on any atom is -0.385 e. The number of hydrogen-bond acceptors (Lipinski definition) is 1. The highest BCUT2D eigenvalue weighted by atomic mass is 35.5. The highest BCUT2D eigenvalue weighted by Gasteiger charge is 2.06. The Morgan fingerprint density at radius 3 is 2.73 bits per heavy atom. The topological polar surface area (TPSA) is 30.9 Å². The predicted octanol–water partition coefficient (Wildman–Crippen LogP) is 3.41. The van der Waals surface area contributed by atoms with E-state index in [1.807, 2.05) is 41.1 Å². The van der Waals surface area contributed by atoms with Gasteiger partial charge in [0.2, 0.25) is 0 Å². The first kappa shape index (κ1) is 10.1. The number of aryl methyl sites for hydroxylation is 1. The van der Waals surface area contributed by atoms with Crippen molar-refractivity contribution in [3.05, 3.63) is 41.6 Å². The molecule has 0 saturated heterocycles. The normalized spacial score (nSPS) is 10.5. The Bertz CT molecular complexity index is 474. The SMILES string of the molecule is CCn1ccc(-c2cccc(Cl)c2)c1N. The van der Waals surface area contributed by atoms with Crippen LogP contribution in [0.4, 0.5) is 5.82 Å². The molecule has 2 aromatic rings. The van der Waals surface area contributed by atoms with Gasteiger partial charge < -0.3 is 10.3 Å². The molecule has 0 saturated carbocycles. The van der Waals surface area contributed by atoms with E-state index in [1.54, 1.807) is 0 Å². The number of halogens is 1. The van der Waals surface area contributed by atoms with E-state index in [4.69, 9.17) is 17.3 Å². The lowest BCUT2D eigenvalue weighted by Gasteiger charge is -2.04. The smallest absolute Gasteiger partial charge is 0.111 e. The molecule has 0 bridgehead atoms. The first-order chi connectivity index (χ1) is 7.22. The Labute approximate surface area is 94.3 Å². The Hall–Kier alpha value is -1.41. The van der Waals surface area contributed by atoms with Crippen molar-refractivity contribution in [3.63, 3.8) is 0 Å². The van der Waals surface area contributed by atoms with Gasteiger partial charge in [-0.15, -0.1) is 0 Å². The molecule has 0 fully saturated rings. The monoisotopic (exact) mass is 220 g/mol. The first-order valence-electron chi connectivity index (χ1n) is 4.93. The summed E-state index contributed by atoms with van der Waals surface area (Å²) in [5.74, 6) is 0.791. The van der Waals surface area contributed by atoms with Crippen molar-refractivity contribution >= 4 is 17.4 Å². The third-order valence-electron chi connectivity index (χ3n) is 2.48. The van der Waals surface area contributed by atoms with Crippen molar-refractivity contribution in [1.82, 2.24) is 4.57 Å². The number of rotatable bonds is 2. The van der Waals surface area contributed by atoms with Crippen LogP contribution in [0.15, 0.2) is 36.5 Å². The van der Waals surface area contributed by atoms with Crippen LogP contribution in [-0.4, -0.2) is 4.57 Å². The molecule has 0 amide bonds. The van der Waals surface area contributed by atoms with Gasteiger partial charge in [-0.2, -0.15) is 0 Å². The Kier molecular flexibility index (Phi) is 2.69. The molecule has 0 aliphatic heterocycles. The highest BCUT2D eigenvalue weighted by molar-refractivity contribution is 6.30. The summed E-state index contributed by atoms with van der Waals surface area (Å²) in [6, 6.07) is 9.74. The molecule has 1 aromatic heterocycles. The van der Waals surface area contributed by atoms with Crippen molar-refractivity contribution in [2.75, 3.05) is 5.73 Å². The summed E-state index contributed by atoms with van der Waals surface area (Å²) in [5.41, 5.74) is 8.12. The molecule has 2 nitrogen and oxygen atoms in total. The Morgan fingerprint density at radius 1 is 1.33 bits per heavy atom. The van der Waals surface area contributed by atoms with E-state index in [1.165, 1.54) is 0 Å². The molecule has 1 heterocycles. The fourth-order valence-corrected chi connectivity index (χ4v) is 1.85. The van der Waals surface area contributed by atoms with E-state index in [2.05, 4.69) is 6.92 Å². The van der Waals surface area contributed by atoms with Crippen LogP contribution >= 0.6 is 11.6 Å². The van der Waals surface area contributed by atoms with E-state index < -0.39 is 0 Å². The van der Waals surface area contributed by atoms with Gasteiger partial charge in [0.05, 0.1) is 0 Å². The number of nitrogen functional groups attached to an aromatic ring is 1. The standard InChI is InChI=1S/C12H13ClN2/c1-2-15-7-6-11(12(15)14)9-4-3-5-10(13)8-9/h3-8H,2,14H2,1H3. The maximum Gasteiger partial charge on any atom is 0.111 e. The Morgan fingerprint density at radius 2 is 2.13 bits per heavy atom. The second-order valence-corrected chi connectivity index (χ2v) is 3.85. The molecule has 2 rings (SSSR count). The van der Waals surface area contributed by atoms with Crippen LogP contribution in [0.1, 0.15) is 6.92 Å². The molecule has 78 valence electrons. The minimum atomic E-state index is 0.733. The second kappa shape index (κ2) is 3.99. The second-order valence-electron chi connectivity index (χ2n) is 3.41. The van der Waals surface area contributed by atoms with Crippen molar-refractivity contribution in [2.45, 2.75) is 13.5 Å². The van der Waals surface area contributed by atoms with Gasteiger partial charge in [0.1, 0.15) is 5.82 Å². The van der Waals surface area contributed by atoms with Gasteiger partial charge >= 0.3 is 0 Å². The summed E-state index contributed by atoms with van der Waals surface area (Å²) in [7, 11) is 0. The number of aromatic nitrogens is 1. The van der Waals surface area contributed by atoms with E-state index in [9.17, 15) is 0 Å². The van der Waals surface area contributed by atoms with Crippen LogP contribution in [0.25, 0.3) is 11.1 Å². The minimum absolute atomic E-state index is 0.733. The summed E-state index contributed by atoms with van der Waals surface area (Å²) in [5, 5.41) is 0.733. The number of nitrogens with zero attached hydrogens (tertiary/aromatic N) is 1. The average Bonchev–Trinajstić information content (AvgIpc) is 2.59. The van der Waals surface area contributed by atoms with Crippen LogP contribution in [0.2, 0.25) is 5.02 Å². The maximum atomic E-state index is 6.02. The van der Waals surface area contributed by atoms with Gasteiger partial charge in [0, 0.05) is 23.3 Å². The van der Waals surface area contributed by atoms with Gasteiger partial charge in [-0.1, -0.05) is 23.7 Å². The zero-order valence-electron chi connectivity index (χ0n) is 8.57. The number of benzene rings is 1. The van der Waals surface area contributed by atoms with E-state index in [0.29, 0.717) is 0 Å². The lowest BCUT2D eigenvalue weighted by Crippen LogP contribution is -1.99. The van der Waals surface area contributed by atoms with Crippen molar-refractivity contribution in [2.24, 2.45) is 0 Å². The fraction of sp³-hybridized carbons (Fsp3) is 0.167. The third kappa shape index (κ3) is 1.85. The molecule has 0 aliphatic rings. The quantitative estimate of drug-likeness (QED) is 0.826. The number of hydrogen-bond donors (Lipinski definition) is 1. The van der Waals surface area contributed by atoms with Gasteiger partial charge in [-0.3, -0.25) is 0 Å². The van der Waals surface area contributed by atoms with Crippen molar-refractivity contribution in [1.29, 1.82) is 0 Å². The van der Waals surface area contributed by atoms with Crippen LogP contribution in [0, 0.1) is 0 Å². The van der Waals surface area contributed by atoms with E-state index in [0.717, 1.165) is 28.5 Å². The van der Waals surface area contributed by atoms with Crippen molar-refractivity contribution in [3.8, 4) is 11.1 Å². The van der Waals surface area contributed by atoms with Crippen molar-refractivity contribution < 1.29 is 0 Å². The summed E-state index contributed by atoms with van der Waals surface area (Å²) in [6.45, 7) is 2.95. The number of anilines is 1. The fourth-order valence-electron chi connectivity index (χ4n) is 1.66. The molecule has 0 aliphatic carbocycles. The molecule has 3 heteroatoms. The van der Waals surface area contributed by atoms with Gasteiger partial charge in [0.15, 0.2) is 0 Å². The molecule has 0 radical (unpaired) electrons. The molecule has 0 spiro atoms. The number of nitrogens with two attached hydrogens (primary N) is 1. The zero-order valence-corrected chi connectivity index (χ0v) is 9.33. The summed E-state index contributed by atoms with van der Waals surface area (Å²) < 4.78 is 2.01. The summed E-state index contributed by atoms with van der Waals surface area (Å²) >= 11 is 5.94. The van der Waals surface area contributed by atoms with Gasteiger partial charge in [0.25, 0.3) is 0 Å². The van der Waals surface area contributed by atoms with E-state index in [-0.39, 0.29) is 0 Å². The van der Waals surface area contributed by atoms with Crippen LogP contribution < -0.4 is 5.73 Å². The van der Waals surface area contributed by atoms with Gasteiger partial charge in [-0.05, 0) is 30.7 Å². The maximum absolute atomic E-state index is 6.02. The Balaban J connectivity index is 2.49. The van der Waals surface area contributed by atoms with Crippen LogP contribution in [-0.2, 0) is 6.54 Å². The molecule has 2 N–H and O–H groups in total. The molecular weight excluding hydrogens is 208 g/mol. The van der Waals surface area contributed by atoms with Gasteiger partial charge in [-0.25, -0.2) is 0 Å². The lowest BCUT2D eigenvalue weighted by molar-refractivity contribution is 0.780. The summed E-state index contributed by atoms with van der Waals surface area (Å²) in [6.07, 6.45) is 1.99. The molecular formula is C12H13ClN2. The summed E-state index contributed by atoms with van der Waals surface area (Å²) in [4.78, 5) is 0. The largest absolute Gasteiger partial charge is 0.385 e. The molecule has 0 atom stereocenters. The predicted molar refractivity (Wildman–Crippen MR) is 65.0 cm³/mol. The third-order valence-corrected chi connectivity index (χ3v) is 2.72. The van der Waals surface area contributed by atoms with Crippen LogP contribution in [0.5, 0.6) is 0 Å². The zero-order chi connectivity index (χ0) is 10.8. The molecule has 15 heavy (non-hydrogen) atoms. The highest BCUT2D eigenvalue weighted by Crippen LogP contribution is 2.28.